The predicted molar refractivity (Wildman–Crippen MR) is 65.8 cm³/mol. The van der Waals surface area contributed by atoms with Crippen molar-refractivity contribution in [1.82, 2.24) is 10.2 Å². The molecule has 1 aromatic carbocycles. The predicted octanol–water partition coefficient (Wildman–Crippen LogP) is 1.96. The summed E-state index contributed by atoms with van der Waals surface area (Å²) in [5.74, 6) is -0.313. The van der Waals surface area contributed by atoms with E-state index in [0.29, 0.717) is 22.0 Å². The van der Waals surface area contributed by atoms with Crippen molar-refractivity contribution in [3.63, 3.8) is 0 Å². The summed E-state index contributed by atoms with van der Waals surface area (Å²) in [7, 11) is 0. The van der Waals surface area contributed by atoms with Crippen molar-refractivity contribution in [2.45, 2.75) is 0 Å². The molecule has 0 aliphatic carbocycles. The van der Waals surface area contributed by atoms with E-state index in [9.17, 15) is 4.79 Å². The highest BCUT2D eigenvalue weighted by Gasteiger charge is 2.08. The topological polar surface area (TPSA) is 80.9 Å². The van der Waals surface area contributed by atoms with Crippen molar-refractivity contribution >= 4 is 28.9 Å². The fourth-order valence-corrected chi connectivity index (χ4v) is 1.42. The molecule has 5 nitrogen and oxygen atoms in total. The van der Waals surface area contributed by atoms with E-state index >= 15 is 0 Å². The summed E-state index contributed by atoms with van der Waals surface area (Å²) in [4.78, 5) is 11.8. The minimum absolute atomic E-state index is 0.313. The number of aromatic nitrogens is 2. The molecule has 1 heterocycles. The highest BCUT2D eigenvalue weighted by atomic mass is 35.5. The normalized spacial score (nSPS) is 9.94. The van der Waals surface area contributed by atoms with Gasteiger partial charge in [0.1, 0.15) is 0 Å². The highest BCUT2D eigenvalue weighted by Crippen LogP contribution is 2.24. The Labute approximate surface area is 103 Å². The number of benzene rings is 1. The molecule has 2 rings (SSSR count). The van der Waals surface area contributed by atoms with Gasteiger partial charge < -0.3 is 11.1 Å². The molecule has 0 saturated carbocycles. The summed E-state index contributed by atoms with van der Waals surface area (Å²) in [5, 5.41) is 10.3. The van der Waals surface area contributed by atoms with E-state index < -0.39 is 0 Å². The maximum Gasteiger partial charge on any atom is 0.257 e. The van der Waals surface area contributed by atoms with E-state index in [1.807, 2.05) is 0 Å². The van der Waals surface area contributed by atoms with Crippen LogP contribution in [0.2, 0.25) is 5.02 Å². The average molecular weight is 249 g/mol. The van der Waals surface area contributed by atoms with Crippen molar-refractivity contribution < 1.29 is 4.79 Å². The first-order valence-electron chi connectivity index (χ1n) is 4.80. The molecule has 0 saturated heterocycles. The molecule has 3 N–H and O–H groups in total. The van der Waals surface area contributed by atoms with Gasteiger partial charge in [-0.2, -0.15) is 10.2 Å². The molecule has 0 aliphatic rings. The number of amides is 1. The molecule has 2 aromatic rings. The molecule has 1 aromatic heterocycles. The molecule has 0 unspecified atom stereocenters. The van der Waals surface area contributed by atoms with Crippen LogP contribution in [-0.4, -0.2) is 16.1 Å². The summed E-state index contributed by atoms with van der Waals surface area (Å²) in [5.41, 5.74) is 7.00. The fourth-order valence-electron chi connectivity index (χ4n) is 1.26. The van der Waals surface area contributed by atoms with Gasteiger partial charge in [-0.05, 0) is 24.3 Å². The Morgan fingerprint density at radius 2 is 2.12 bits per heavy atom. The van der Waals surface area contributed by atoms with Crippen molar-refractivity contribution in [1.29, 1.82) is 0 Å². The number of anilines is 2. The maximum atomic E-state index is 11.8. The van der Waals surface area contributed by atoms with Gasteiger partial charge in [0.2, 0.25) is 0 Å². The van der Waals surface area contributed by atoms with Gasteiger partial charge in [-0.25, -0.2) is 0 Å². The SMILES string of the molecule is Nc1ccc(Cl)c(NC(=O)c2ccnnc2)c1. The summed E-state index contributed by atoms with van der Waals surface area (Å²) in [6, 6.07) is 6.43. The number of nitrogens with zero attached hydrogens (tertiary/aromatic N) is 2. The number of nitrogens with two attached hydrogens (primary N) is 1. The van der Waals surface area contributed by atoms with E-state index in [1.165, 1.54) is 12.4 Å². The Morgan fingerprint density at radius 3 is 2.82 bits per heavy atom. The number of nitrogen functional groups attached to an aromatic ring is 1. The number of hydrogen-bond donors (Lipinski definition) is 2. The lowest BCUT2D eigenvalue weighted by Gasteiger charge is -2.07. The van der Waals surface area contributed by atoms with Gasteiger partial charge in [-0.15, -0.1) is 0 Å². The molecule has 0 spiro atoms. The van der Waals surface area contributed by atoms with Crippen LogP contribution >= 0.6 is 11.6 Å². The molecule has 86 valence electrons. The second-order valence-electron chi connectivity index (χ2n) is 3.32. The Hall–Kier alpha value is -2.14. The Balaban J connectivity index is 2.22. The Kier molecular flexibility index (Phi) is 3.20. The first kappa shape index (κ1) is 11.3. The van der Waals surface area contributed by atoms with E-state index in [0.717, 1.165) is 0 Å². The summed E-state index contributed by atoms with van der Waals surface area (Å²) in [6.45, 7) is 0. The van der Waals surface area contributed by atoms with Crippen LogP contribution in [0.15, 0.2) is 36.7 Å². The average Bonchev–Trinajstić information content (AvgIpc) is 2.35. The first-order valence-corrected chi connectivity index (χ1v) is 5.17. The molecular weight excluding hydrogens is 240 g/mol. The van der Waals surface area contributed by atoms with Crippen LogP contribution in [0.25, 0.3) is 0 Å². The fraction of sp³-hybridized carbons (Fsp3) is 0. The van der Waals surface area contributed by atoms with Gasteiger partial charge in [0.25, 0.3) is 5.91 Å². The van der Waals surface area contributed by atoms with E-state index in [1.54, 1.807) is 24.3 Å². The zero-order chi connectivity index (χ0) is 12.3. The Morgan fingerprint density at radius 1 is 1.29 bits per heavy atom. The highest BCUT2D eigenvalue weighted by molar-refractivity contribution is 6.34. The van der Waals surface area contributed by atoms with Gasteiger partial charge >= 0.3 is 0 Å². The third-order valence-electron chi connectivity index (χ3n) is 2.09. The monoisotopic (exact) mass is 248 g/mol. The lowest BCUT2D eigenvalue weighted by atomic mass is 10.2. The van der Waals surface area contributed by atoms with Crippen molar-refractivity contribution in [3.8, 4) is 0 Å². The van der Waals surface area contributed by atoms with Crippen LogP contribution in [0, 0.1) is 0 Å². The van der Waals surface area contributed by atoms with Gasteiger partial charge in [0, 0.05) is 5.69 Å². The molecule has 0 bridgehead atoms. The number of rotatable bonds is 2. The van der Waals surface area contributed by atoms with E-state index in [4.69, 9.17) is 17.3 Å². The van der Waals surface area contributed by atoms with Gasteiger partial charge in [0.15, 0.2) is 0 Å². The number of carbonyl (C=O) groups is 1. The number of halogens is 1. The van der Waals surface area contributed by atoms with Crippen molar-refractivity contribution in [2.24, 2.45) is 0 Å². The largest absolute Gasteiger partial charge is 0.399 e. The van der Waals surface area contributed by atoms with Crippen molar-refractivity contribution in [3.05, 3.63) is 47.2 Å². The van der Waals surface area contributed by atoms with E-state index in [-0.39, 0.29) is 5.91 Å². The van der Waals surface area contributed by atoms with Gasteiger partial charge in [0.05, 0.1) is 28.7 Å². The van der Waals surface area contributed by atoms with E-state index in [2.05, 4.69) is 15.5 Å². The molecular formula is C11H9ClN4O. The van der Waals surface area contributed by atoms with Crippen LogP contribution < -0.4 is 11.1 Å². The standard InChI is InChI=1S/C11H9ClN4O/c12-9-2-1-8(13)5-10(9)16-11(17)7-3-4-14-15-6-7/h1-6H,13H2,(H,16,17). The van der Waals surface area contributed by atoms with Gasteiger partial charge in [-0.3, -0.25) is 4.79 Å². The van der Waals surface area contributed by atoms with Crippen LogP contribution in [0.3, 0.4) is 0 Å². The van der Waals surface area contributed by atoms with Crippen LogP contribution in [0.1, 0.15) is 10.4 Å². The summed E-state index contributed by atoms with van der Waals surface area (Å²) in [6.07, 6.45) is 2.81. The second kappa shape index (κ2) is 4.80. The maximum absolute atomic E-state index is 11.8. The minimum atomic E-state index is -0.313. The van der Waals surface area contributed by atoms with Gasteiger partial charge in [-0.1, -0.05) is 11.6 Å². The molecule has 17 heavy (non-hydrogen) atoms. The minimum Gasteiger partial charge on any atom is -0.399 e. The zero-order valence-corrected chi connectivity index (χ0v) is 9.48. The third-order valence-corrected chi connectivity index (χ3v) is 2.41. The molecule has 0 atom stereocenters. The molecule has 6 heteroatoms. The quantitative estimate of drug-likeness (QED) is 0.796. The summed E-state index contributed by atoms with van der Waals surface area (Å²) >= 11 is 5.93. The van der Waals surface area contributed by atoms with Crippen LogP contribution in [0.5, 0.6) is 0 Å². The van der Waals surface area contributed by atoms with Crippen LogP contribution in [0.4, 0.5) is 11.4 Å². The number of hydrogen-bond acceptors (Lipinski definition) is 4. The molecule has 0 radical (unpaired) electrons. The first-order chi connectivity index (χ1) is 8.16. The second-order valence-corrected chi connectivity index (χ2v) is 3.73. The smallest absolute Gasteiger partial charge is 0.257 e. The molecule has 1 amide bonds. The Bertz CT molecular complexity index is 544. The van der Waals surface area contributed by atoms with Crippen LogP contribution in [-0.2, 0) is 0 Å². The third kappa shape index (κ3) is 2.70. The van der Waals surface area contributed by atoms with Crippen molar-refractivity contribution in [2.75, 3.05) is 11.1 Å². The lowest BCUT2D eigenvalue weighted by molar-refractivity contribution is 0.102. The zero-order valence-electron chi connectivity index (χ0n) is 8.72. The number of carbonyl (C=O) groups excluding carboxylic acids is 1. The lowest BCUT2D eigenvalue weighted by Crippen LogP contribution is -2.12. The molecule has 0 fully saturated rings. The number of nitrogens with one attached hydrogen (secondary N) is 1. The molecule has 0 aliphatic heterocycles. The summed E-state index contributed by atoms with van der Waals surface area (Å²) < 4.78 is 0.